The molecule has 10 heteroatoms. The van der Waals surface area contributed by atoms with Gasteiger partial charge in [-0.2, -0.15) is 0 Å². The zero-order chi connectivity index (χ0) is 25.7. The standard InChI is InChI=1S/C27H25N5O4.BrH/c1-30(2)22-10-4-19(5-11-22)17-29-31-24(16-26(33)20-6-12-23(13-7-20)32(34)35)18-28-27(31)21-8-14-25(36-3)15-9-21;/h4-15,17-18H,16H2,1-3H3;1H. The highest BCUT2D eigenvalue weighted by Gasteiger charge is 2.23. The number of imidazole rings is 1. The third-order valence-electron chi connectivity index (χ3n) is 5.70. The van der Waals surface area contributed by atoms with Crippen molar-refractivity contribution >= 4 is 23.4 Å². The molecule has 190 valence electrons. The molecule has 0 atom stereocenters. The van der Waals surface area contributed by atoms with Crippen molar-refractivity contribution in [2.45, 2.75) is 6.42 Å². The lowest BCUT2D eigenvalue weighted by molar-refractivity contribution is -0.672. The number of carbonyl (C=O) groups excluding carboxylic acids is 1. The van der Waals surface area contributed by atoms with Crippen molar-refractivity contribution in [2.24, 2.45) is 5.10 Å². The Morgan fingerprint density at radius 2 is 1.70 bits per heavy atom. The normalized spacial score (nSPS) is 10.7. The summed E-state index contributed by atoms with van der Waals surface area (Å²) in [5, 5.41) is 15.6. The van der Waals surface area contributed by atoms with Gasteiger partial charge in [-0.05, 0) is 54.1 Å². The number of benzene rings is 3. The quantitative estimate of drug-likeness (QED) is 0.108. The number of carbonyl (C=O) groups is 1. The zero-order valence-electron chi connectivity index (χ0n) is 20.6. The SMILES string of the molecule is COc1ccc(-c2[nH]cc(CC(=O)c3ccc([N+](=O)[O-])cc3)[n+]2N=Cc2ccc(N(C)C)cc2)cc1.[Br-]. The number of methoxy groups -OCH3 is 1. The maximum Gasteiger partial charge on any atom is 0.312 e. The monoisotopic (exact) mass is 563 g/mol. The van der Waals surface area contributed by atoms with Gasteiger partial charge >= 0.3 is 5.82 Å². The number of non-ortho nitro benzene ring substituents is 1. The highest BCUT2D eigenvalue weighted by Crippen LogP contribution is 2.20. The molecule has 3 aromatic carbocycles. The highest BCUT2D eigenvalue weighted by molar-refractivity contribution is 5.97. The minimum absolute atomic E-state index is 0. The number of nitrogens with one attached hydrogen (secondary N) is 1. The van der Waals surface area contributed by atoms with Crippen molar-refractivity contribution in [1.29, 1.82) is 0 Å². The van der Waals surface area contributed by atoms with Crippen molar-refractivity contribution in [3.05, 3.63) is 106 Å². The van der Waals surface area contributed by atoms with Gasteiger partial charge in [-0.3, -0.25) is 14.9 Å². The Hall–Kier alpha value is -4.31. The smallest absolute Gasteiger partial charge is 0.312 e. The van der Waals surface area contributed by atoms with Crippen LogP contribution in [0.3, 0.4) is 0 Å². The van der Waals surface area contributed by atoms with Gasteiger partial charge in [0.15, 0.2) is 11.5 Å². The number of anilines is 1. The van der Waals surface area contributed by atoms with Gasteiger partial charge in [0.25, 0.3) is 5.69 Å². The van der Waals surface area contributed by atoms with Crippen LogP contribution >= 0.6 is 0 Å². The molecule has 0 radical (unpaired) electrons. The molecular formula is C27H26BrN5O4. The molecule has 0 saturated carbocycles. The molecule has 9 nitrogen and oxygen atoms in total. The van der Waals surface area contributed by atoms with E-state index in [1.165, 1.54) is 24.3 Å². The topological polar surface area (TPSA) is 105 Å². The number of Topliss-reactive ketones (excluding diaryl/α,β-unsaturated/α-hetero) is 1. The van der Waals surface area contributed by atoms with Gasteiger partial charge in [0.2, 0.25) is 0 Å². The number of nitrogens with zero attached hydrogens (tertiary/aromatic N) is 4. The van der Waals surface area contributed by atoms with Gasteiger partial charge in [-0.25, -0.2) is 4.98 Å². The molecule has 1 heterocycles. The Labute approximate surface area is 224 Å². The molecule has 37 heavy (non-hydrogen) atoms. The minimum atomic E-state index is -0.491. The molecule has 0 amide bonds. The van der Waals surface area contributed by atoms with Gasteiger partial charge in [-0.1, -0.05) is 21.9 Å². The lowest BCUT2D eigenvalue weighted by Crippen LogP contribution is -3.00. The number of nitro benzene ring substituents is 1. The number of aromatic nitrogens is 2. The first-order valence-electron chi connectivity index (χ1n) is 11.2. The van der Waals surface area contributed by atoms with Crippen LogP contribution in [0.15, 0.2) is 84.1 Å². The number of ketones is 1. The summed E-state index contributed by atoms with van der Waals surface area (Å²) in [6.07, 6.45) is 3.54. The van der Waals surface area contributed by atoms with E-state index in [9.17, 15) is 14.9 Å². The molecule has 4 aromatic rings. The molecule has 1 N–H and O–H groups in total. The predicted molar refractivity (Wildman–Crippen MR) is 138 cm³/mol. The number of hydrogen-bond donors (Lipinski definition) is 1. The Bertz CT molecular complexity index is 1400. The van der Waals surface area contributed by atoms with E-state index in [0.29, 0.717) is 17.1 Å². The first-order valence-corrected chi connectivity index (χ1v) is 11.2. The summed E-state index contributed by atoms with van der Waals surface area (Å²) in [6, 6.07) is 21.1. The number of ether oxygens (including phenoxy) is 1. The Morgan fingerprint density at radius 3 is 2.27 bits per heavy atom. The number of hydrogen-bond acceptors (Lipinski definition) is 6. The van der Waals surface area contributed by atoms with Crippen LogP contribution in [0.2, 0.25) is 0 Å². The van der Waals surface area contributed by atoms with E-state index in [1.807, 2.05) is 67.5 Å². The summed E-state index contributed by atoms with van der Waals surface area (Å²) in [7, 11) is 5.57. The van der Waals surface area contributed by atoms with Gasteiger partial charge in [-0.15, -0.1) is 0 Å². The Morgan fingerprint density at radius 1 is 1.05 bits per heavy atom. The average Bonchev–Trinajstić information content (AvgIpc) is 3.29. The largest absolute Gasteiger partial charge is 1.00 e. The molecule has 4 rings (SSSR count). The molecule has 0 aliphatic heterocycles. The summed E-state index contributed by atoms with van der Waals surface area (Å²) >= 11 is 0. The third kappa shape index (κ3) is 6.47. The molecule has 0 aliphatic rings. The fourth-order valence-corrected chi connectivity index (χ4v) is 3.65. The number of aromatic amines is 1. The number of nitro groups is 1. The zero-order valence-corrected chi connectivity index (χ0v) is 22.2. The molecular weight excluding hydrogens is 538 g/mol. The third-order valence-corrected chi connectivity index (χ3v) is 5.70. The highest BCUT2D eigenvalue weighted by atomic mass is 79.9. The molecule has 0 aliphatic carbocycles. The molecule has 0 bridgehead atoms. The van der Waals surface area contributed by atoms with E-state index in [2.05, 4.69) is 10.1 Å². The van der Waals surface area contributed by atoms with Gasteiger partial charge < -0.3 is 26.6 Å². The van der Waals surface area contributed by atoms with E-state index in [0.717, 1.165) is 22.6 Å². The summed E-state index contributed by atoms with van der Waals surface area (Å²) in [5.74, 6) is 1.25. The first-order chi connectivity index (χ1) is 17.4. The Kier molecular flexibility index (Phi) is 8.91. The molecule has 0 fully saturated rings. The van der Waals surface area contributed by atoms with Crippen LogP contribution in [0.1, 0.15) is 21.6 Å². The Balaban J connectivity index is 0.00000380. The van der Waals surface area contributed by atoms with E-state index >= 15 is 0 Å². The van der Waals surface area contributed by atoms with E-state index in [4.69, 9.17) is 4.74 Å². The van der Waals surface area contributed by atoms with E-state index in [-0.39, 0.29) is 34.9 Å². The second kappa shape index (κ2) is 12.1. The van der Waals surface area contributed by atoms with Gasteiger partial charge in [0.05, 0.1) is 30.2 Å². The van der Waals surface area contributed by atoms with Crippen molar-refractivity contribution in [2.75, 3.05) is 26.1 Å². The molecule has 0 spiro atoms. The van der Waals surface area contributed by atoms with Crippen LogP contribution in [0.5, 0.6) is 5.75 Å². The summed E-state index contributed by atoms with van der Waals surface area (Å²) in [4.78, 5) is 28.7. The van der Waals surface area contributed by atoms with E-state index < -0.39 is 4.92 Å². The summed E-state index contributed by atoms with van der Waals surface area (Å²) in [5.41, 5.74) is 3.82. The lowest BCUT2D eigenvalue weighted by Gasteiger charge is -2.11. The number of rotatable bonds is 9. The maximum atomic E-state index is 13.0. The van der Waals surface area contributed by atoms with Crippen LogP contribution in [0.4, 0.5) is 11.4 Å². The average molecular weight is 564 g/mol. The van der Waals surface area contributed by atoms with Gasteiger partial charge in [0.1, 0.15) is 11.9 Å². The minimum Gasteiger partial charge on any atom is -1.00 e. The molecule has 1 aromatic heterocycles. The first kappa shape index (κ1) is 27.3. The van der Waals surface area contributed by atoms with Crippen molar-refractivity contribution in [1.82, 2.24) is 4.98 Å². The number of halogens is 1. The number of H-pyrrole nitrogens is 1. The van der Waals surface area contributed by atoms with Gasteiger partial charge in [0, 0.05) is 37.5 Å². The van der Waals surface area contributed by atoms with Crippen molar-refractivity contribution in [3.8, 4) is 17.1 Å². The van der Waals surface area contributed by atoms with Crippen molar-refractivity contribution in [3.63, 3.8) is 0 Å². The van der Waals surface area contributed by atoms with E-state index in [1.54, 1.807) is 24.2 Å². The second-order valence-corrected chi connectivity index (χ2v) is 8.30. The van der Waals surface area contributed by atoms with Crippen LogP contribution in [0.25, 0.3) is 11.4 Å². The predicted octanol–water partition coefficient (Wildman–Crippen LogP) is 1.26. The van der Waals surface area contributed by atoms with Crippen LogP contribution < -0.4 is 31.3 Å². The second-order valence-electron chi connectivity index (χ2n) is 8.30. The van der Waals surface area contributed by atoms with Crippen molar-refractivity contribution < 1.29 is 36.1 Å². The molecule has 0 saturated heterocycles. The molecule has 0 unspecified atom stereocenters. The van der Waals surface area contributed by atoms with Crippen LogP contribution in [-0.4, -0.2) is 43.1 Å². The van der Waals surface area contributed by atoms with Crippen LogP contribution in [-0.2, 0) is 6.42 Å². The fraction of sp³-hybridized carbons (Fsp3) is 0.148. The lowest BCUT2D eigenvalue weighted by atomic mass is 10.1. The summed E-state index contributed by atoms with van der Waals surface area (Å²) in [6.45, 7) is 0. The fourth-order valence-electron chi connectivity index (χ4n) is 3.65. The summed E-state index contributed by atoms with van der Waals surface area (Å²) < 4.78 is 6.96. The van der Waals surface area contributed by atoms with Crippen LogP contribution in [0, 0.1) is 10.1 Å². The maximum absolute atomic E-state index is 13.0.